The van der Waals surface area contributed by atoms with Crippen molar-refractivity contribution in [2.45, 2.75) is 32.8 Å². The largest absolute Gasteiger partial charge is 0.457 e. The molecule has 0 aliphatic heterocycles. The quantitative estimate of drug-likeness (QED) is 0.852. The maximum Gasteiger partial charge on any atom is 0.133 e. The molecule has 0 saturated carbocycles. The molecule has 2 rings (SSSR count). The van der Waals surface area contributed by atoms with Crippen LogP contribution in [0.15, 0.2) is 46.9 Å². The predicted octanol–water partition coefficient (Wildman–Crippen LogP) is 5.03. The fourth-order valence-corrected chi connectivity index (χ4v) is 2.33. The zero-order valence-corrected chi connectivity index (χ0v) is 13.6. The summed E-state index contributed by atoms with van der Waals surface area (Å²) < 4.78 is 6.84. The van der Waals surface area contributed by atoms with Gasteiger partial charge in [0.15, 0.2) is 0 Å². The highest BCUT2D eigenvalue weighted by Gasteiger charge is 2.14. The number of aliphatic hydroxyl groups excluding tert-OH is 1. The Morgan fingerprint density at radius 1 is 1.10 bits per heavy atom. The first-order chi connectivity index (χ1) is 9.40. The molecule has 0 unspecified atom stereocenters. The van der Waals surface area contributed by atoms with Crippen LogP contribution < -0.4 is 4.74 Å². The first-order valence-corrected chi connectivity index (χ1v) is 7.37. The molecule has 0 aromatic heterocycles. The lowest BCUT2D eigenvalue weighted by Crippen LogP contribution is -2.10. The van der Waals surface area contributed by atoms with E-state index in [0.717, 1.165) is 15.8 Å². The van der Waals surface area contributed by atoms with Gasteiger partial charge < -0.3 is 9.84 Å². The minimum atomic E-state index is -0.0479. The Balaban J connectivity index is 2.31. The van der Waals surface area contributed by atoms with Gasteiger partial charge in [0, 0.05) is 10.0 Å². The third-order valence-electron chi connectivity index (χ3n) is 3.12. The monoisotopic (exact) mass is 334 g/mol. The minimum Gasteiger partial charge on any atom is -0.457 e. The Kier molecular flexibility index (Phi) is 4.51. The van der Waals surface area contributed by atoms with Crippen LogP contribution in [0.5, 0.6) is 11.5 Å². The fraction of sp³-hybridized carbons (Fsp3) is 0.294. The first-order valence-electron chi connectivity index (χ1n) is 6.58. The predicted molar refractivity (Wildman–Crippen MR) is 85.3 cm³/mol. The average Bonchev–Trinajstić information content (AvgIpc) is 2.40. The van der Waals surface area contributed by atoms with E-state index in [2.05, 4.69) is 42.8 Å². The molecular weight excluding hydrogens is 316 g/mol. The molecule has 0 fully saturated rings. The Hall–Kier alpha value is -1.32. The van der Waals surface area contributed by atoms with E-state index in [-0.39, 0.29) is 12.0 Å². The van der Waals surface area contributed by atoms with Gasteiger partial charge in [0.2, 0.25) is 0 Å². The molecule has 1 N–H and O–H groups in total. The number of aliphatic hydroxyl groups is 1. The maximum atomic E-state index is 9.40. The normalized spacial score (nSPS) is 11.4. The smallest absolute Gasteiger partial charge is 0.133 e. The molecule has 0 saturated heterocycles. The first kappa shape index (κ1) is 15.1. The Morgan fingerprint density at radius 3 is 2.50 bits per heavy atom. The summed E-state index contributed by atoms with van der Waals surface area (Å²) in [6.45, 7) is 6.47. The number of hydrogen-bond donors (Lipinski definition) is 1. The van der Waals surface area contributed by atoms with Gasteiger partial charge in [0.1, 0.15) is 11.5 Å². The summed E-state index contributed by atoms with van der Waals surface area (Å²) in [5, 5.41) is 9.40. The summed E-state index contributed by atoms with van der Waals surface area (Å²) in [7, 11) is 0. The third-order valence-corrected chi connectivity index (χ3v) is 3.61. The molecule has 0 atom stereocenters. The van der Waals surface area contributed by atoms with E-state index in [1.54, 1.807) is 0 Å². The molecule has 20 heavy (non-hydrogen) atoms. The van der Waals surface area contributed by atoms with Crippen LogP contribution in [0.3, 0.4) is 0 Å². The van der Waals surface area contributed by atoms with Crippen molar-refractivity contribution in [2.75, 3.05) is 0 Å². The van der Waals surface area contributed by atoms with Crippen LogP contribution in [-0.4, -0.2) is 5.11 Å². The minimum absolute atomic E-state index is 0.0479. The number of rotatable bonds is 3. The van der Waals surface area contributed by atoms with Gasteiger partial charge >= 0.3 is 0 Å². The van der Waals surface area contributed by atoms with Gasteiger partial charge in [-0.1, -0.05) is 48.8 Å². The molecule has 3 heteroatoms. The van der Waals surface area contributed by atoms with Gasteiger partial charge in [-0.2, -0.15) is 0 Å². The number of benzene rings is 2. The van der Waals surface area contributed by atoms with Crippen molar-refractivity contribution >= 4 is 15.9 Å². The second-order valence-electron chi connectivity index (χ2n) is 5.79. The van der Waals surface area contributed by atoms with Crippen molar-refractivity contribution in [1.29, 1.82) is 0 Å². The lowest BCUT2D eigenvalue weighted by atomic mass is 9.87. The van der Waals surface area contributed by atoms with E-state index in [9.17, 15) is 5.11 Å². The van der Waals surface area contributed by atoms with Crippen molar-refractivity contribution in [1.82, 2.24) is 0 Å². The standard InChI is InChI=1S/C17H19BrO2/c1-17(2,3)13-5-4-6-15(10-13)20-16-8-7-14(18)9-12(16)11-19/h4-10,19H,11H2,1-3H3. The number of halogens is 1. The second-order valence-corrected chi connectivity index (χ2v) is 6.71. The van der Waals surface area contributed by atoms with Gasteiger partial charge in [0.05, 0.1) is 6.61 Å². The van der Waals surface area contributed by atoms with E-state index in [0.29, 0.717) is 5.75 Å². The average molecular weight is 335 g/mol. The van der Waals surface area contributed by atoms with E-state index in [1.165, 1.54) is 5.56 Å². The zero-order valence-electron chi connectivity index (χ0n) is 12.0. The van der Waals surface area contributed by atoms with E-state index < -0.39 is 0 Å². The molecule has 0 spiro atoms. The SMILES string of the molecule is CC(C)(C)c1cccc(Oc2ccc(Br)cc2CO)c1. The summed E-state index contributed by atoms with van der Waals surface area (Å²) in [4.78, 5) is 0. The Morgan fingerprint density at radius 2 is 1.85 bits per heavy atom. The van der Waals surface area contributed by atoms with Gasteiger partial charge in [-0.05, 0) is 41.3 Å². The van der Waals surface area contributed by atoms with E-state index in [4.69, 9.17) is 4.74 Å². The van der Waals surface area contributed by atoms with Crippen LogP contribution in [-0.2, 0) is 12.0 Å². The van der Waals surface area contributed by atoms with Crippen LogP contribution in [0.25, 0.3) is 0 Å². The molecular formula is C17H19BrO2. The van der Waals surface area contributed by atoms with Crippen LogP contribution in [0.1, 0.15) is 31.9 Å². The summed E-state index contributed by atoms with van der Waals surface area (Å²) in [6, 6.07) is 13.7. The molecule has 2 aromatic rings. The topological polar surface area (TPSA) is 29.5 Å². The van der Waals surface area contributed by atoms with E-state index in [1.807, 2.05) is 36.4 Å². The zero-order chi connectivity index (χ0) is 14.8. The molecule has 0 heterocycles. The van der Waals surface area contributed by atoms with Crippen molar-refractivity contribution < 1.29 is 9.84 Å². The summed E-state index contributed by atoms with van der Waals surface area (Å²) in [6.07, 6.45) is 0. The lowest BCUT2D eigenvalue weighted by molar-refractivity contribution is 0.276. The van der Waals surface area contributed by atoms with Crippen molar-refractivity contribution in [3.8, 4) is 11.5 Å². The third kappa shape index (κ3) is 3.62. The van der Waals surface area contributed by atoms with Gasteiger partial charge in [-0.3, -0.25) is 0 Å². The molecule has 0 radical (unpaired) electrons. The summed E-state index contributed by atoms with van der Waals surface area (Å²) >= 11 is 3.39. The fourth-order valence-electron chi connectivity index (χ4n) is 1.92. The Labute approximate surface area is 128 Å². The van der Waals surface area contributed by atoms with Crippen LogP contribution in [0.2, 0.25) is 0 Å². The van der Waals surface area contributed by atoms with Crippen LogP contribution >= 0.6 is 15.9 Å². The highest BCUT2D eigenvalue weighted by atomic mass is 79.9. The highest BCUT2D eigenvalue weighted by Crippen LogP contribution is 2.31. The maximum absolute atomic E-state index is 9.40. The van der Waals surface area contributed by atoms with Crippen molar-refractivity contribution in [2.24, 2.45) is 0 Å². The van der Waals surface area contributed by atoms with E-state index >= 15 is 0 Å². The molecule has 0 bridgehead atoms. The Bertz CT molecular complexity index is 600. The summed E-state index contributed by atoms with van der Waals surface area (Å²) in [5.41, 5.74) is 2.07. The number of hydrogen-bond acceptors (Lipinski definition) is 2. The van der Waals surface area contributed by atoms with Crippen LogP contribution in [0, 0.1) is 0 Å². The highest BCUT2D eigenvalue weighted by molar-refractivity contribution is 9.10. The molecule has 0 aliphatic carbocycles. The van der Waals surface area contributed by atoms with Gasteiger partial charge in [0.25, 0.3) is 0 Å². The molecule has 0 aliphatic rings. The molecule has 2 nitrogen and oxygen atoms in total. The molecule has 106 valence electrons. The molecule has 0 amide bonds. The van der Waals surface area contributed by atoms with Gasteiger partial charge in [-0.15, -0.1) is 0 Å². The van der Waals surface area contributed by atoms with Crippen molar-refractivity contribution in [3.05, 3.63) is 58.1 Å². The number of ether oxygens (including phenoxy) is 1. The molecule has 2 aromatic carbocycles. The second kappa shape index (κ2) is 5.98. The van der Waals surface area contributed by atoms with Crippen molar-refractivity contribution in [3.63, 3.8) is 0 Å². The lowest BCUT2D eigenvalue weighted by Gasteiger charge is -2.20. The van der Waals surface area contributed by atoms with Crippen LogP contribution in [0.4, 0.5) is 0 Å². The summed E-state index contributed by atoms with van der Waals surface area (Å²) in [5.74, 6) is 1.47. The van der Waals surface area contributed by atoms with Gasteiger partial charge in [-0.25, -0.2) is 0 Å².